The molecule has 1 aromatic rings. The van der Waals surface area contributed by atoms with E-state index in [9.17, 15) is 0 Å². The summed E-state index contributed by atoms with van der Waals surface area (Å²) in [6, 6.07) is 8.79. The number of allylic oxidation sites excluding steroid dienone is 1. The van der Waals surface area contributed by atoms with Crippen molar-refractivity contribution in [2.24, 2.45) is 0 Å². The van der Waals surface area contributed by atoms with Crippen LogP contribution in [0, 0.1) is 0 Å². The molecule has 3 rings (SSSR count). The molecule has 1 heteroatoms. The number of likely N-dealkylation sites (tertiary alicyclic amines) is 1. The van der Waals surface area contributed by atoms with E-state index in [1.807, 2.05) is 0 Å². The van der Waals surface area contributed by atoms with E-state index < -0.39 is 0 Å². The van der Waals surface area contributed by atoms with Gasteiger partial charge in [-0.3, -0.25) is 0 Å². The number of hydrogen-bond donors (Lipinski definition) is 0. The van der Waals surface area contributed by atoms with Crippen molar-refractivity contribution in [3.8, 4) is 0 Å². The number of hydrogen-bond acceptors (Lipinski definition) is 1. The Morgan fingerprint density at radius 1 is 0.875 bits per heavy atom. The summed E-state index contributed by atoms with van der Waals surface area (Å²) in [6.45, 7) is 2.53. The van der Waals surface area contributed by atoms with Crippen LogP contribution in [0.1, 0.15) is 36.8 Å². The van der Waals surface area contributed by atoms with Gasteiger partial charge in [-0.15, -0.1) is 0 Å². The molecular weight excluding hydrogens is 194 g/mol. The maximum atomic E-state index is 2.60. The average Bonchev–Trinajstić information content (AvgIpc) is 2.56. The molecule has 16 heavy (non-hydrogen) atoms. The molecule has 0 N–H and O–H groups in total. The fraction of sp³-hybridized carbons (Fsp3) is 0.467. The second kappa shape index (κ2) is 4.32. The molecule has 2 aliphatic rings. The van der Waals surface area contributed by atoms with Gasteiger partial charge in [0.2, 0.25) is 0 Å². The molecule has 1 nitrogen and oxygen atoms in total. The Balaban J connectivity index is 1.78. The maximum absolute atomic E-state index is 2.60. The fourth-order valence-electron chi connectivity index (χ4n) is 2.82. The number of nitrogens with zero attached hydrogens (tertiary/aromatic N) is 1. The highest BCUT2D eigenvalue weighted by molar-refractivity contribution is 5.63. The Morgan fingerprint density at radius 3 is 2.38 bits per heavy atom. The monoisotopic (exact) mass is 213 g/mol. The highest BCUT2D eigenvalue weighted by Crippen LogP contribution is 2.28. The lowest BCUT2D eigenvalue weighted by molar-refractivity contribution is 0.356. The molecule has 0 saturated carbocycles. The summed E-state index contributed by atoms with van der Waals surface area (Å²) in [5.41, 5.74) is 4.48. The van der Waals surface area contributed by atoms with E-state index in [1.165, 1.54) is 49.9 Å². The molecule has 1 aliphatic carbocycles. The molecular formula is C15H19N. The van der Waals surface area contributed by atoms with Gasteiger partial charge < -0.3 is 4.90 Å². The fourth-order valence-corrected chi connectivity index (χ4v) is 2.82. The van der Waals surface area contributed by atoms with Crippen LogP contribution < -0.4 is 0 Å². The van der Waals surface area contributed by atoms with E-state index in [2.05, 4.69) is 35.2 Å². The largest absolute Gasteiger partial charge is 0.375 e. The second-order valence-electron chi connectivity index (χ2n) is 4.91. The Kier molecular flexibility index (Phi) is 2.69. The van der Waals surface area contributed by atoms with Crippen molar-refractivity contribution in [3.05, 3.63) is 41.1 Å². The molecule has 1 aromatic carbocycles. The normalized spacial score (nSPS) is 20.2. The van der Waals surface area contributed by atoms with Gasteiger partial charge in [-0.25, -0.2) is 0 Å². The van der Waals surface area contributed by atoms with E-state index in [1.54, 1.807) is 5.70 Å². The first-order valence-corrected chi connectivity index (χ1v) is 6.47. The molecule has 0 aromatic heterocycles. The van der Waals surface area contributed by atoms with E-state index >= 15 is 0 Å². The van der Waals surface area contributed by atoms with E-state index in [0.717, 1.165) is 6.42 Å². The van der Waals surface area contributed by atoms with Gasteiger partial charge in [0.25, 0.3) is 0 Å². The Morgan fingerprint density at radius 2 is 1.62 bits per heavy atom. The van der Waals surface area contributed by atoms with Crippen molar-refractivity contribution < 1.29 is 0 Å². The number of rotatable bonds is 1. The van der Waals surface area contributed by atoms with Crippen LogP contribution in [0.2, 0.25) is 0 Å². The minimum absolute atomic E-state index is 1.15. The quantitative estimate of drug-likeness (QED) is 0.690. The van der Waals surface area contributed by atoms with Crippen LogP contribution in [0.5, 0.6) is 0 Å². The van der Waals surface area contributed by atoms with E-state index in [-0.39, 0.29) is 0 Å². The third-order valence-corrected chi connectivity index (χ3v) is 3.76. The molecule has 0 bridgehead atoms. The highest BCUT2D eigenvalue weighted by Gasteiger charge is 2.18. The molecule has 0 atom stereocenters. The molecule has 84 valence electrons. The van der Waals surface area contributed by atoms with Crippen LogP contribution in [0.25, 0.3) is 6.08 Å². The molecule has 1 saturated heterocycles. The molecule has 0 spiro atoms. The zero-order valence-corrected chi connectivity index (χ0v) is 9.78. The van der Waals surface area contributed by atoms with E-state index in [4.69, 9.17) is 0 Å². The van der Waals surface area contributed by atoms with Crippen molar-refractivity contribution in [2.45, 2.75) is 32.1 Å². The van der Waals surface area contributed by atoms with Gasteiger partial charge in [-0.05, 0) is 30.0 Å². The molecule has 0 radical (unpaired) electrons. The Hall–Kier alpha value is -1.24. The molecule has 1 fully saturated rings. The smallest absolute Gasteiger partial charge is 0.0183 e. The summed E-state index contributed by atoms with van der Waals surface area (Å²) in [5.74, 6) is 0. The second-order valence-corrected chi connectivity index (χ2v) is 4.91. The van der Waals surface area contributed by atoms with Crippen LogP contribution in [0.15, 0.2) is 30.0 Å². The van der Waals surface area contributed by atoms with Crippen molar-refractivity contribution >= 4 is 6.08 Å². The van der Waals surface area contributed by atoms with Gasteiger partial charge in [-0.2, -0.15) is 0 Å². The zero-order valence-electron chi connectivity index (χ0n) is 9.78. The van der Waals surface area contributed by atoms with Crippen molar-refractivity contribution in [2.75, 3.05) is 13.1 Å². The van der Waals surface area contributed by atoms with Crippen molar-refractivity contribution in [3.63, 3.8) is 0 Å². The SMILES string of the molecule is C1=C(N2CCCCCC2)Cc2ccccc21. The van der Waals surface area contributed by atoms with Gasteiger partial charge >= 0.3 is 0 Å². The standard InChI is InChI=1S/C15H19N/c1-2-6-10-16(9-5-1)15-11-13-7-3-4-8-14(13)12-15/h3-4,7-8,11H,1-2,5-6,9-10,12H2. The zero-order chi connectivity index (χ0) is 10.8. The third-order valence-electron chi connectivity index (χ3n) is 3.76. The summed E-state index contributed by atoms with van der Waals surface area (Å²) in [6.07, 6.45) is 9.10. The highest BCUT2D eigenvalue weighted by atomic mass is 15.1. The van der Waals surface area contributed by atoms with Crippen LogP contribution in [0.3, 0.4) is 0 Å². The topological polar surface area (TPSA) is 3.24 Å². The third kappa shape index (κ3) is 1.87. The first-order valence-electron chi connectivity index (χ1n) is 6.47. The van der Waals surface area contributed by atoms with Gasteiger partial charge in [-0.1, -0.05) is 37.1 Å². The van der Waals surface area contributed by atoms with Crippen LogP contribution in [0.4, 0.5) is 0 Å². The van der Waals surface area contributed by atoms with Gasteiger partial charge in [0, 0.05) is 25.2 Å². The lowest BCUT2D eigenvalue weighted by Gasteiger charge is -2.23. The maximum Gasteiger partial charge on any atom is 0.0183 e. The summed E-state index contributed by atoms with van der Waals surface area (Å²) in [7, 11) is 0. The first-order chi connectivity index (χ1) is 7.93. The number of fused-ring (bicyclic) bond motifs is 1. The molecule has 1 aliphatic heterocycles. The number of benzene rings is 1. The predicted molar refractivity (Wildman–Crippen MR) is 68.2 cm³/mol. The molecule has 0 amide bonds. The minimum atomic E-state index is 1.15. The van der Waals surface area contributed by atoms with Gasteiger partial charge in [0.15, 0.2) is 0 Å². The average molecular weight is 213 g/mol. The summed E-state index contributed by atoms with van der Waals surface area (Å²) in [4.78, 5) is 2.60. The van der Waals surface area contributed by atoms with Crippen LogP contribution >= 0.6 is 0 Å². The Bertz CT molecular complexity index is 398. The van der Waals surface area contributed by atoms with Crippen LogP contribution in [-0.2, 0) is 6.42 Å². The van der Waals surface area contributed by atoms with E-state index in [0.29, 0.717) is 0 Å². The minimum Gasteiger partial charge on any atom is -0.375 e. The van der Waals surface area contributed by atoms with Crippen molar-refractivity contribution in [1.82, 2.24) is 4.90 Å². The molecule has 1 heterocycles. The van der Waals surface area contributed by atoms with Gasteiger partial charge in [0.05, 0.1) is 0 Å². The molecule has 0 unspecified atom stereocenters. The van der Waals surface area contributed by atoms with Crippen LogP contribution in [-0.4, -0.2) is 18.0 Å². The Labute approximate surface area is 97.8 Å². The lowest BCUT2D eigenvalue weighted by Crippen LogP contribution is -2.23. The summed E-state index contributed by atoms with van der Waals surface area (Å²) < 4.78 is 0. The first kappa shape index (κ1) is 9.95. The summed E-state index contributed by atoms with van der Waals surface area (Å²) >= 11 is 0. The van der Waals surface area contributed by atoms with Gasteiger partial charge in [0.1, 0.15) is 0 Å². The summed E-state index contributed by atoms with van der Waals surface area (Å²) in [5, 5.41) is 0. The van der Waals surface area contributed by atoms with Crippen molar-refractivity contribution in [1.29, 1.82) is 0 Å². The predicted octanol–water partition coefficient (Wildman–Crippen LogP) is 3.46. The lowest BCUT2D eigenvalue weighted by atomic mass is 10.1.